The lowest BCUT2D eigenvalue weighted by Crippen LogP contribution is -2.15. The van der Waals surface area contributed by atoms with Crippen molar-refractivity contribution in [1.29, 1.82) is 5.26 Å². The Balaban J connectivity index is 2.17. The second-order valence-electron chi connectivity index (χ2n) is 4.83. The van der Waals surface area contributed by atoms with Gasteiger partial charge in [-0.2, -0.15) is 5.26 Å². The van der Waals surface area contributed by atoms with Crippen molar-refractivity contribution in [3.8, 4) is 6.07 Å². The number of halogens is 3. The third-order valence-corrected chi connectivity index (χ3v) is 4.62. The Morgan fingerprint density at radius 1 is 1.25 bits per heavy atom. The molecule has 0 unspecified atom stereocenters. The highest BCUT2D eigenvalue weighted by molar-refractivity contribution is 14.1. The van der Waals surface area contributed by atoms with E-state index in [1.165, 1.54) is 6.20 Å². The monoisotopic (exact) mass is 471 g/mol. The summed E-state index contributed by atoms with van der Waals surface area (Å²) in [5.74, 6) is -0.507. The molecule has 2 N–H and O–H groups in total. The maximum Gasteiger partial charge on any atom is 0.267 e. The molecule has 0 spiro atoms. The van der Waals surface area contributed by atoms with Crippen LogP contribution in [0.15, 0.2) is 48.2 Å². The molecule has 0 heterocycles. The van der Waals surface area contributed by atoms with E-state index in [-0.39, 0.29) is 5.57 Å². The van der Waals surface area contributed by atoms with Crippen molar-refractivity contribution in [3.63, 3.8) is 0 Å². The number of rotatable bonds is 4. The van der Waals surface area contributed by atoms with Crippen molar-refractivity contribution in [2.24, 2.45) is 0 Å². The summed E-state index contributed by atoms with van der Waals surface area (Å²) in [6.45, 7) is 1.89. The van der Waals surface area contributed by atoms with Crippen LogP contribution < -0.4 is 10.6 Å². The first-order valence-corrected chi connectivity index (χ1v) is 8.64. The van der Waals surface area contributed by atoms with Gasteiger partial charge >= 0.3 is 0 Å². The van der Waals surface area contributed by atoms with Crippen molar-refractivity contribution in [1.82, 2.24) is 0 Å². The van der Waals surface area contributed by atoms with Crippen molar-refractivity contribution in [2.45, 2.75) is 6.92 Å². The van der Waals surface area contributed by atoms with E-state index >= 15 is 0 Å². The first kappa shape index (κ1) is 18.6. The number of nitrogens with one attached hydrogen (secondary N) is 2. The van der Waals surface area contributed by atoms with Crippen LogP contribution in [-0.4, -0.2) is 5.91 Å². The van der Waals surface area contributed by atoms with Gasteiger partial charge in [0, 0.05) is 15.5 Å². The van der Waals surface area contributed by atoms with Gasteiger partial charge in [-0.3, -0.25) is 4.79 Å². The third kappa shape index (κ3) is 4.63. The number of nitriles is 1. The largest absolute Gasteiger partial charge is 0.359 e. The average molecular weight is 472 g/mol. The van der Waals surface area contributed by atoms with Crippen LogP contribution in [0.2, 0.25) is 10.0 Å². The molecule has 24 heavy (non-hydrogen) atoms. The number of carbonyl (C=O) groups excluding carboxylic acids is 1. The maximum atomic E-state index is 12.3. The molecule has 0 atom stereocenters. The molecule has 122 valence electrons. The lowest BCUT2D eigenvalue weighted by molar-refractivity contribution is -0.112. The van der Waals surface area contributed by atoms with Gasteiger partial charge in [0.05, 0.1) is 15.7 Å². The zero-order chi connectivity index (χ0) is 17.7. The van der Waals surface area contributed by atoms with Gasteiger partial charge < -0.3 is 10.6 Å². The first-order valence-electron chi connectivity index (χ1n) is 6.80. The molecule has 1 amide bonds. The van der Waals surface area contributed by atoms with Crippen LogP contribution in [0, 0.1) is 21.8 Å². The Kier molecular flexibility index (Phi) is 6.49. The van der Waals surface area contributed by atoms with Crippen LogP contribution in [-0.2, 0) is 4.79 Å². The van der Waals surface area contributed by atoms with E-state index in [1.807, 2.05) is 25.1 Å². The molecule has 0 bridgehead atoms. The molecule has 0 aliphatic carbocycles. The molecule has 0 saturated heterocycles. The summed E-state index contributed by atoms with van der Waals surface area (Å²) in [5, 5.41) is 15.5. The summed E-state index contributed by atoms with van der Waals surface area (Å²) in [5.41, 5.74) is 2.00. The summed E-state index contributed by atoms with van der Waals surface area (Å²) >= 11 is 14.2. The van der Waals surface area contributed by atoms with Crippen molar-refractivity contribution in [3.05, 3.63) is 67.4 Å². The number of aryl methyl sites for hydroxylation is 1. The summed E-state index contributed by atoms with van der Waals surface area (Å²) in [6.07, 6.45) is 1.30. The third-order valence-electron chi connectivity index (χ3n) is 3.13. The predicted octanol–water partition coefficient (Wildman–Crippen LogP) is 5.36. The molecule has 0 radical (unpaired) electrons. The quantitative estimate of drug-likeness (QED) is 0.358. The number of hydrogen-bond acceptors (Lipinski definition) is 3. The van der Waals surface area contributed by atoms with Gasteiger partial charge in [0.1, 0.15) is 11.6 Å². The van der Waals surface area contributed by atoms with Crippen LogP contribution >= 0.6 is 45.8 Å². The molecule has 0 saturated carbocycles. The molecule has 2 aromatic carbocycles. The van der Waals surface area contributed by atoms with E-state index in [1.54, 1.807) is 24.3 Å². The first-order chi connectivity index (χ1) is 11.4. The molecular weight excluding hydrogens is 460 g/mol. The van der Waals surface area contributed by atoms with Gasteiger partial charge in [0.2, 0.25) is 0 Å². The van der Waals surface area contributed by atoms with Crippen LogP contribution in [0.3, 0.4) is 0 Å². The molecular formula is C17H12Cl2IN3O. The van der Waals surface area contributed by atoms with Gasteiger partial charge in [0.25, 0.3) is 5.91 Å². The second-order valence-corrected chi connectivity index (χ2v) is 6.86. The molecule has 0 aliphatic rings. The summed E-state index contributed by atoms with van der Waals surface area (Å²) in [4.78, 5) is 12.3. The van der Waals surface area contributed by atoms with E-state index in [0.717, 1.165) is 9.13 Å². The summed E-state index contributed by atoms with van der Waals surface area (Å²) < 4.78 is 1.07. The zero-order valence-corrected chi connectivity index (χ0v) is 16.2. The fourth-order valence-corrected chi connectivity index (χ4v) is 2.87. The SMILES string of the molecule is Cc1cc(I)ccc1NC(=O)/C(C#N)=C\Nc1cccc(Cl)c1Cl. The Bertz CT molecular complexity index is 859. The number of hydrogen-bond donors (Lipinski definition) is 2. The summed E-state index contributed by atoms with van der Waals surface area (Å²) in [7, 11) is 0. The fraction of sp³-hybridized carbons (Fsp3) is 0.0588. The number of benzene rings is 2. The molecule has 0 aliphatic heterocycles. The van der Waals surface area contributed by atoms with Gasteiger partial charge in [-0.15, -0.1) is 0 Å². The average Bonchev–Trinajstić information content (AvgIpc) is 2.54. The Hall–Kier alpha value is -1.75. The van der Waals surface area contributed by atoms with Gasteiger partial charge in [-0.05, 0) is 65.4 Å². The number of carbonyl (C=O) groups is 1. The molecule has 0 fully saturated rings. The van der Waals surface area contributed by atoms with E-state index in [9.17, 15) is 10.1 Å². The zero-order valence-electron chi connectivity index (χ0n) is 12.5. The number of nitrogens with zero attached hydrogens (tertiary/aromatic N) is 1. The maximum absolute atomic E-state index is 12.3. The van der Waals surface area contributed by atoms with Gasteiger partial charge in [-0.25, -0.2) is 0 Å². The molecule has 2 rings (SSSR count). The highest BCUT2D eigenvalue weighted by Gasteiger charge is 2.11. The highest BCUT2D eigenvalue weighted by Crippen LogP contribution is 2.29. The molecule has 7 heteroatoms. The number of anilines is 2. The van der Waals surface area contributed by atoms with E-state index in [4.69, 9.17) is 23.2 Å². The standard InChI is InChI=1S/C17H12Cl2IN3O/c1-10-7-12(20)5-6-14(10)23-17(24)11(8-21)9-22-15-4-2-3-13(18)16(15)19/h2-7,9,22H,1H3,(H,23,24)/b11-9-. The second kappa shape index (κ2) is 8.38. The predicted molar refractivity (Wildman–Crippen MR) is 106 cm³/mol. The minimum atomic E-state index is -0.507. The number of amides is 1. The highest BCUT2D eigenvalue weighted by atomic mass is 127. The minimum absolute atomic E-state index is 0.0796. The van der Waals surface area contributed by atoms with Crippen molar-refractivity contribution >= 4 is 63.1 Å². The van der Waals surface area contributed by atoms with E-state index in [0.29, 0.717) is 21.4 Å². The van der Waals surface area contributed by atoms with Gasteiger partial charge in [0.15, 0.2) is 0 Å². The van der Waals surface area contributed by atoms with Crippen LogP contribution in [0.25, 0.3) is 0 Å². The minimum Gasteiger partial charge on any atom is -0.359 e. The fourth-order valence-electron chi connectivity index (χ4n) is 1.87. The van der Waals surface area contributed by atoms with Crippen LogP contribution in [0.5, 0.6) is 0 Å². The summed E-state index contributed by atoms with van der Waals surface area (Å²) in [6, 6.07) is 12.5. The van der Waals surface area contributed by atoms with Crippen LogP contribution in [0.1, 0.15) is 5.56 Å². The van der Waals surface area contributed by atoms with Gasteiger partial charge in [-0.1, -0.05) is 29.3 Å². The van der Waals surface area contributed by atoms with E-state index in [2.05, 4.69) is 33.2 Å². The lowest BCUT2D eigenvalue weighted by atomic mass is 10.2. The van der Waals surface area contributed by atoms with Crippen molar-refractivity contribution in [2.75, 3.05) is 10.6 Å². The smallest absolute Gasteiger partial charge is 0.267 e. The molecule has 0 aromatic heterocycles. The van der Waals surface area contributed by atoms with Crippen molar-refractivity contribution < 1.29 is 4.79 Å². The molecule has 4 nitrogen and oxygen atoms in total. The lowest BCUT2D eigenvalue weighted by Gasteiger charge is -2.09. The Morgan fingerprint density at radius 3 is 2.67 bits per heavy atom. The molecule has 2 aromatic rings. The Labute approximate surface area is 163 Å². The normalized spacial score (nSPS) is 10.9. The topological polar surface area (TPSA) is 64.9 Å². The van der Waals surface area contributed by atoms with E-state index < -0.39 is 5.91 Å². The Morgan fingerprint density at radius 2 is 2.00 bits per heavy atom. The van der Waals surface area contributed by atoms with Crippen LogP contribution in [0.4, 0.5) is 11.4 Å².